The minimum Gasteiger partial charge on any atom is -0.633 e. The molecule has 2 aromatic carbocycles. The van der Waals surface area contributed by atoms with Gasteiger partial charge in [0.25, 0.3) is 0 Å². The van der Waals surface area contributed by atoms with Crippen molar-refractivity contribution in [3.05, 3.63) is 76.5 Å². The van der Waals surface area contributed by atoms with Crippen molar-refractivity contribution in [1.29, 1.82) is 0 Å². The zero-order valence-corrected chi connectivity index (χ0v) is 23.3. The van der Waals surface area contributed by atoms with Gasteiger partial charge in [0.05, 0.1) is 49.0 Å². The maximum atomic E-state index is 14.2. The molecule has 9 rings (SSSR count). The van der Waals surface area contributed by atoms with Crippen LogP contribution in [0.15, 0.2) is 65.8 Å². The molecule has 0 N–H and O–H groups in total. The molecule has 39 heavy (non-hydrogen) atoms. The fourth-order valence-electron chi connectivity index (χ4n) is 10.8. The summed E-state index contributed by atoms with van der Waals surface area (Å²) in [5.74, 6) is 1.10. The normalized spacial score (nSPS) is 45.3. The lowest BCUT2D eigenvalue weighted by molar-refractivity contribution is -0.899. The number of quaternary nitrogens is 1. The number of ether oxygens (including phenoxy) is 2. The Kier molecular flexibility index (Phi) is 4.64. The summed E-state index contributed by atoms with van der Waals surface area (Å²) in [4.78, 5) is 0. The monoisotopic (exact) mass is 523 g/mol. The second-order valence-corrected chi connectivity index (χ2v) is 14.8. The van der Waals surface area contributed by atoms with Crippen molar-refractivity contribution in [3.8, 4) is 0 Å². The summed E-state index contributed by atoms with van der Waals surface area (Å²) in [6.45, 7) is 5.69. The molecular formula is C35H41NO3. The van der Waals surface area contributed by atoms with E-state index < -0.39 is 0 Å². The Hall–Kier alpha value is -1.98. The molecule has 4 aliphatic heterocycles. The van der Waals surface area contributed by atoms with E-state index in [1.165, 1.54) is 40.3 Å². The van der Waals surface area contributed by atoms with Crippen molar-refractivity contribution in [2.75, 3.05) is 26.3 Å². The lowest BCUT2D eigenvalue weighted by Crippen LogP contribution is -2.59. The Balaban J connectivity index is 1.04. The molecule has 7 atom stereocenters. The van der Waals surface area contributed by atoms with Crippen LogP contribution in [0, 0.1) is 22.0 Å². The highest BCUT2D eigenvalue weighted by molar-refractivity contribution is 5.83. The van der Waals surface area contributed by atoms with Crippen LogP contribution in [-0.2, 0) is 9.47 Å². The lowest BCUT2D eigenvalue weighted by Gasteiger charge is -2.57. The van der Waals surface area contributed by atoms with Crippen LogP contribution in [0.25, 0.3) is 10.8 Å². The first-order chi connectivity index (χ1) is 18.9. The quantitative estimate of drug-likeness (QED) is 0.309. The zero-order valence-electron chi connectivity index (χ0n) is 23.3. The van der Waals surface area contributed by atoms with Gasteiger partial charge < -0.3 is 19.3 Å². The first-order valence-corrected chi connectivity index (χ1v) is 15.6. The predicted octanol–water partition coefficient (Wildman–Crippen LogP) is 7.19. The van der Waals surface area contributed by atoms with Gasteiger partial charge in [0.1, 0.15) is 0 Å². The van der Waals surface area contributed by atoms with Crippen molar-refractivity contribution in [1.82, 2.24) is 0 Å². The van der Waals surface area contributed by atoms with Crippen molar-refractivity contribution in [2.24, 2.45) is 16.7 Å². The smallest absolute Gasteiger partial charge is 0.0975 e. The highest BCUT2D eigenvalue weighted by Gasteiger charge is 2.67. The second kappa shape index (κ2) is 7.64. The van der Waals surface area contributed by atoms with Crippen LogP contribution < -0.4 is 0 Å². The van der Waals surface area contributed by atoms with Gasteiger partial charge in [0, 0.05) is 19.3 Å². The van der Waals surface area contributed by atoms with Crippen LogP contribution >= 0.6 is 0 Å². The maximum Gasteiger partial charge on any atom is 0.0975 e. The first-order valence-electron chi connectivity index (χ1n) is 15.6. The summed E-state index contributed by atoms with van der Waals surface area (Å²) in [7, 11) is 0. The summed E-state index contributed by atoms with van der Waals surface area (Å²) in [6.07, 6.45) is 15.0. The molecule has 0 radical (unpaired) electrons. The van der Waals surface area contributed by atoms with Gasteiger partial charge in [-0.2, -0.15) is 0 Å². The van der Waals surface area contributed by atoms with Crippen LogP contribution in [0.3, 0.4) is 0 Å². The number of hydroxylamine groups is 3. The average molecular weight is 524 g/mol. The topological polar surface area (TPSA) is 41.5 Å². The van der Waals surface area contributed by atoms with E-state index >= 15 is 0 Å². The number of rotatable bonds is 2. The van der Waals surface area contributed by atoms with E-state index in [-0.39, 0.29) is 32.7 Å². The molecule has 4 nitrogen and oxygen atoms in total. The average Bonchev–Trinajstić information content (AvgIpc) is 3.58. The molecular weight excluding hydrogens is 482 g/mol. The van der Waals surface area contributed by atoms with Gasteiger partial charge in [-0.1, -0.05) is 61.5 Å². The molecule has 3 saturated heterocycles. The highest BCUT2D eigenvalue weighted by atomic mass is 16.6. The summed E-state index contributed by atoms with van der Waals surface area (Å²) in [6, 6.07) is 16.1. The van der Waals surface area contributed by atoms with Crippen molar-refractivity contribution < 1.29 is 14.1 Å². The molecule has 3 aliphatic carbocycles. The fourth-order valence-corrected chi connectivity index (χ4v) is 10.8. The third kappa shape index (κ3) is 3.04. The molecule has 1 unspecified atom stereocenters. The van der Waals surface area contributed by atoms with Crippen LogP contribution in [0.5, 0.6) is 0 Å². The van der Waals surface area contributed by atoms with Gasteiger partial charge in [-0.05, 0) is 83.3 Å². The molecule has 5 fully saturated rings. The Morgan fingerprint density at radius 3 is 2.67 bits per heavy atom. The fraction of sp³-hybridized carbons (Fsp3) is 0.600. The third-order valence-corrected chi connectivity index (χ3v) is 12.9. The molecule has 3 spiro atoms. The SMILES string of the molecule is C[C@]12CC=C3C=C4CC[C@@H]([N+]5([O-])CCC6(COC6)C5)C[C@]45CC[C@]3(O5)[C@@H]1CC[C@@H]2c1ccc2ccccc2c1. The Bertz CT molecular complexity index is 1440. The summed E-state index contributed by atoms with van der Waals surface area (Å²) < 4.78 is 13.1. The summed E-state index contributed by atoms with van der Waals surface area (Å²) >= 11 is 0. The second-order valence-electron chi connectivity index (χ2n) is 14.8. The van der Waals surface area contributed by atoms with Crippen molar-refractivity contribution in [3.63, 3.8) is 0 Å². The number of likely N-dealkylation sites (tertiary alicyclic amines) is 1. The largest absolute Gasteiger partial charge is 0.633 e. The first kappa shape index (κ1) is 23.7. The van der Waals surface area contributed by atoms with E-state index in [1.807, 2.05) is 0 Å². The van der Waals surface area contributed by atoms with Gasteiger partial charge in [0.15, 0.2) is 0 Å². The number of fused-ring (bicyclic) bond motifs is 2. The summed E-state index contributed by atoms with van der Waals surface area (Å²) in [5, 5.41) is 16.9. The number of hydrogen-bond acceptors (Lipinski definition) is 3. The molecule has 4 heteroatoms. The Morgan fingerprint density at radius 2 is 1.85 bits per heavy atom. The summed E-state index contributed by atoms with van der Waals surface area (Å²) in [5.41, 5.74) is 4.48. The molecule has 0 aromatic heterocycles. The van der Waals surface area contributed by atoms with Gasteiger partial charge in [-0.15, -0.1) is 0 Å². The van der Waals surface area contributed by atoms with Crippen molar-refractivity contribution in [2.45, 2.75) is 87.9 Å². The van der Waals surface area contributed by atoms with Gasteiger partial charge in [0.2, 0.25) is 0 Å². The zero-order chi connectivity index (χ0) is 26.1. The molecule has 7 aliphatic rings. The van der Waals surface area contributed by atoms with E-state index in [9.17, 15) is 5.21 Å². The lowest BCUT2D eigenvalue weighted by atomic mass is 9.58. The highest BCUT2D eigenvalue weighted by Crippen LogP contribution is 2.69. The Labute approximate surface area is 232 Å². The molecule has 0 amide bonds. The van der Waals surface area contributed by atoms with Crippen molar-refractivity contribution >= 4 is 10.8 Å². The van der Waals surface area contributed by atoms with Crippen LogP contribution in [0.2, 0.25) is 0 Å². The number of benzene rings is 2. The molecule has 2 bridgehead atoms. The van der Waals surface area contributed by atoms with E-state index in [0.29, 0.717) is 11.8 Å². The van der Waals surface area contributed by atoms with Crippen LogP contribution in [0.4, 0.5) is 0 Å². The van der Waals surface area contributed by atoms with Crippen LogP contribution in [0.1, 0.15) is 76.2 Å². The van der Waals surface area contributed by atoms with Gasteiger partial charge >= 0.3 is 0 Å². The predicted molar refractivity (Wildman–Crippen MR) is 153 cm³/mol. The standard InChI is InChI=1S/C35H41NO3/c1-32-13-12-28-19-27-8-9-29(36(37)17-16-33(21-36)22-38-23-33)20-34(27)14-15-35(28,39-34)31(32)11-10-30(32)26-7-6-24-4-2-3-5-25(24)18-26/h2-7,12,18-19,29-31H,8-11,13-17,20-23H2,1H3/t29-,30-,31-,32-,34-,35-,36?/m1/s1. The minimum atomic E-state index is -0.207. The maximum absolute atomic E-state index is 14.2. The van der Waals surface area contributed by atoms with Crippen LogP contribution in [-0.4, -0.2) is 48.2 Å². The molecule has 4 heterocycles. The van der Waals surface area contributed by atoms with E-state index in [4.69, 9.17) is 9.47 Å². The molecule has 2 saturated carbocycles. The van der Waals surface area contributed by atoms with E-state index in [0.717, 1.165) is 71.2 Å². The number of allylic oxidation sites excluding steroid dienone is 1. The molecule has 2 aromatic rings. The van der Waals surface area contributed by atoms with Gasteiger partial charge in [-0.3, -0.25) is 0 Å². The van der Waals surface area contributed by atoms with Gasteiger partial charge in [-0.25, -0.2) is 0 Å². The Morgan fingerprint density at radius 1 is 0.974 bits per heavy atom. The van der Waals surface area contributed by atoms with E-state index in [2.05, 4.69) is 61.5 Å². The van der Waals surface area contributed by atoms with E-state index in [1.54, 1.807) is 0 Å². The third-order valence-electron chi connectivity index (χ3n) is 12.9. The minimum absolute atomic E-state index is 0.00261. The number of hydrogen-bond donors (Lipinski definition) is 0. The molecule has 204 valence electrons. The number of nitrogens with zero attached hydrogens (tertiary/aromatic N) is 1.